The van der Waals surface area contributed by atoms with Gasteiger partial charge in [-0.1, -0.05) is 6.07 Å². The molecule has 0 aliphatic rings. The topological polar surface area (TPSA) is 75.6 Å². The zero-order valence-corrected chi connectivity index (χ0v) is 13.3. The highest BCUT2D eigenvalue weighted by atomic mass is 32.2. The lowest BCUT2D eigenvalue weighted by Crippen LogP contribution is -2.54. The van der Waals surface area contributed by atoms with Crippen molar-refractivity contribution in [3.05, 3.63) is 23.3 Å². The Hall–Kier alpha value is -1.69. The maximum Gasteiger partial charge on any atom is 0.430 e. The van der Waals surface area contributed by atoms with Gasteiger partial charge in [0.05, 0.1) is 19.1 Å². The second-order valence-electron chi connectivity index (χ2n) is 4.95. The Bertz CT molecular complexity index is 712. The van der Waals surface area contributed by atoms with Crippen molar-refractivity contribution in [2.75, 3.05) is 18.1 Å². The molecule has 0 amide bonds. The largest absolute Gasteiger partial charge is 0.495 e. The lowest BCUT2D eigenvalue weighted by atomic mass is 9.90. The van der Waals surface area contributed by atoms with Crippen LogP contribution in [0.4, 0.5) is 32.0 Å². The van der Waals surface area contributed by atoms with Gasteiger partial charge in [0.1, 0.15) is 5.75 Å². The number of aryl methyl sites for hydroxylation is 1. The zero-order valence-electron chi connectivity index (χ0n) is 12.5. The van der Waals surface area contributed by atoms with E-state index in [1.54, 1.807) is 0 Å². The minimum atomic E-state index is -6.06. The van der Waals surface area contributed by atoms with Crippen LogP contribution in [0.25, 0.3) is 0 Å². The third-order valence-corrected chi connectivity index (χ3v) is 3.62. The molecule has 0 fully saturated rings. The summed E-state index contributed by atoms with van der Waals surface area (Å²) in [5.41, 5.74) is -7.32. The number of methoxy groups -OCH3 is 1. The fourth-order valence-corrected chi connectivity index (χ4v) is 2.56. The van der Waals surface area contributed by atoms with Gasteiger partial charge < -0.3 is 9.84 Å². The van der Waals surface area contributed by atoms with Crippen molar-refractivity contribution < 1.29 is 44.6 Å². The number of ether oxygens (including phenoxy) is 1. The standard InChI is InChI=1S/C12H13F6NO4S/c1-6-4-7(10(20,11(13,14)15)12(16,17)18)5-8(23-2)9(6)19-24(3,21)22/h4-5,19-20H,1-3H3. The number of rotatable bonds is 4. The Labute approximate surface area is 133 Å². The highest BCUT2D eigenvalue weighted by Gasteiger charge is 2.71. The van der Waals surface area contributed by atoms with E-state index in [9.17, 15) is 39.9 Å². The Morgan fingerprint density at radius 1 is 1.08 bits per heavy atom. The SMILES string of the molecule is COc1cc(C(O)(C(F)(F)F)C(F)(F)F)cc(C)c1NS(C)(=O)=O. The van der Waals surface area contributed by atoms with E-state index < -0.39 is 39.3 Å². The van der Waals surface area contributed by atoms with Crippen molar-refractivity contribution >= 4 is 15.7 Å². The van der Waals surface area contributed by atoms with Gasteiger partial charge in [0.25, 0.3) is 5.60 Å². The summed E-state index contributed by atoms with van der Waals surface area (Å²) in [4.78, 5) is 0. The molecular weight excluding hydrogens is 368 g/mol. The summed E-state index contributed by atoms with van der Waals surface area (Å²) in [6.07, 6.45) is -11.4. The molecule has 1 rings (SSSR count). The average molecular weight is 381 g/mol. The molecule has 2 N–H and O–H groups in total. The van der Waals surface area contributed by atoms with Crippen LogP contribution in [-0.4, -0.2) is 39.2 Å². The first-order valence-corrected chi connectivity index (χ1v) is 7.96. The first kappa shape index (κ1) is 20.4. The van der Waals surface area contributed by atoms with Crippen molar-refractivity contribution in [2.24, 2.45) is 0 Å². The highest BCUT2D eigenvalue weighted by Crippen LogP contribution is 2.51. The van der Waals surface area contributed by atoms with E-state index in [1.165, 1.54) is 0 Å². The van der Waals surface area contributed by atoms with Crippen molar-refractivity contribution in [3.63, 3.8) is 0 Å². The van der Waals surface area contributed by atoms with Crippen molar-refractivity contribution in [1.82, 2.24) is 0 Å². The second-order valence-corrected chi connectivity index (χ2v) is 6.70. The van der Waals surface area contributed by atoms with Gasteiger partial charge in [-0.2, -0.15) is 26.3 Å². The van der Waals surface area contributed by atoms with Crippen molar-refractivity contribution in [1.29, 1.82) is 0 Å². The van der Waals surface area contributed by atoms with Gasteiger partial charge >= 0.3 is 12.4 Å². The quantitative estimate of drug-likeness (QED) is 0.787. The first-order valence-electron chi connectivity index (χ1n) is 6.07. The number of anilines is 1. The van der Waals surface area contributed by atoms with Crippen LogP contribution >= 0.6 is 0 Å². The number of sulfonamides is 1. The molecule has 5 nitrogen and oxygen atoms in total. The maximum atomic E-state index is 12.9. The van der Waals surface area contributed by atoms with Crippen LogP contribution in [-0.2, 0) is 15.6 Å². The van der Waals surface area contributed by atoms with Crippen LogP contribution in [0.3, 0.4) is 0 Å². The first-order chi connectivity index (χ1) is 10.5. The average Bonchev–Trinajstić information content (AvgIpc) is 2.35. The normalized spacial score (nSPS) is 13.8. The summed E-state index contributed by atoms with van der Waals surface area (Å²) in [5, 5.41) is 9.38. The summed E-state index contributed by atoms with van der Waals surface area (Å²) in [6.45, 7) is 1.06. The predicted molar refractivity (Wildman–Crippen MR) is 72.2 cm³/mol. The molecule has 0 atom stereocenters. The summed E-state index contributed by atoms with van der Waals surface area (Å²) in [5.74, 6) is -0.609. The minimum Gasteiger partial charge on any atom is -0.495 e. The van der Waals surface area contributed by atoms with Gasteiger partial charge in [-0.3, -0.25) is 4.72 Å². The predicted octanol–water partition coefficient (Wildman–Crippen LogP) is 2.69. The van der Waals surface area contributed by atoms with Gasteiger partial charge in [-0.15, -0.1) is 0 Å². The number of halogens is 6. The van der Waals surface area contributed by atoms with Crippen LogP contribution in [0.5, 0.6) is 5.75 Å². The molecule has 0 saturated carbocycles. The second kappa shape index (κ2) is 5.99. The van der Waals surface area contributed by atoms with Crippen LogP contribution in [0.15, 0.2) is 12.1 Å². The van der Waals surface area contributed by atoms with Gasteiger partial charge in [-0.05, 0) is 18.6 Å². The fraction of sp³-hybridized carbons (Fsp3) is 0.500. The summed E-state index contributed by atoms with van der Waals surface area (Å²) >= 11 is 0. The van der Waals surface area contributed by atoms with E-state index >= 15 is 0 Å². The molecule has 24 heavy (non-hydrogen) atoms. The molecule has 1 aromatic rings. The highest BCUT2D eigenvalue weighted by molar-refractivity contribution is 7.92. The molecule has 0 saturated heterocycles. The summed E-state index contributed by atoms with van der Waals surface area (Å²) < 4.78 is 106. The maximum absolute atomic E-state index is 12.9. The monoisotopic (exact) mass is 381 g/mol. The van der Waals surface area contributed by atoms with E-state index in [0.717, 1.165) is 20.3 Å². The Kier molecular flexibility index (Phi) is 5.08. The lowest BCUT2D eigenvalue weighted by Gasteiger charge is -2.33. The molecule has 0 spiro atoms. The third-order valence-electron chi connectivity index (χ3n) is 3.04. The van der Waals surface area contributed by atoms with Gasteiger partial charge in [0.15, 0.2) is 0 Å². The summed E-state index contributed by atoms with van der Waals surface area (Å²) in [7, 11) is -2.95. The van der Waals surface area contributed by atoms with E-state index in [0.29, 0.717) is 6.07 Å². The Balaban J connectivity index is 3.70. The molecule has 0 bridgehead atoms. The number of hydrogen-bond donors (Lipinski definition) is 2. The molecule has 0 radical (unpaired) electrons. The Morgan fingerprint density at radius 3 is 1.88 bits per heavy atom. The zero-order chi connectivity index (χ0) is 19.1. The van der Waals surface area contributed by atoms with Gasteiger partial charge in [0.2, 0.25) is 10.0 Å². The van der Waals surface area contributed by atoms with Crippen molar-refractivity contribution in [2.45, 2.75) is 24.9 Å². The molecule has 138 valence electrons. The van der Waals surface area contributed by atoms with E-state index in [4.69, 9.17) is 0 Å². The molecule has 0 aliphatic carbocycles. The molecule has 1 aromatic carbocycles. The van der Waals surface area contributed by atoms with Gasteiger partial charge in [0, 0.05) is 5.56 Å². The molecule has 0 aliphatic heterocycles. The molecule has 0 unspecified atom stereocenters. The number of hydrogen-bond acceptors (Lipinski definition) is 4. The Morgan fingerprint density at radius 2 is 1.54 bits per heavy atom. The minimum absolute atomic E-state index is 0.279. The van der Waals surface area contributed by atoms with E-state index in [-0.39, 0.29) is 17.3 Å². The molecular formula is C12H13F6NO4S. The van der Waals surface area contributed by atoms with E-state index in [1.807, 2.05) is 4.72 Å². The third kappa shape index (κ3) is 3.69. The number of aliphatic hydroxyl groups is 1. The summed E-state index contributed by atoms with van der Waals surface area (Å²) in [6, 6.07) is 0.665. The number of alkyl halides is 6. The lowest BCUT2D eigenvalue weighted by molar-refractivity contribution is -0.376. The number of nitrogens with one attached hydrogen (secondary N) is 1. The molecule has 0 heterocycles. The molecule has 12 heteroatoms. The van der Waals surface area contributed by atoms with Gasteiger partial charge in [-0.25, -0.2) is 8.42 Å². The van der Waals surface area contributed by atoms with Crippen LogP contribution < -0.4 is 9.46 Å². The molecule has 0 aromatic heterocycles. The van der Waals surface area contributed by atoms with Crippen LogP contribution in [0, 0.1) is 6.92 Å². The van der Waals surface area contributed by atoms with Crippen LogP contribution in [0.2, 0.25) is 0 Å². The smallest absolute Gasteiger partial charge is 0.430 e. The van der Waals surface area contributed by atoms with E-state index in [2.05, 4.69) is 4.74 Å². The van der Waals surface area contributed by atoms with Crippen molar-refractivity contribution in [3.8, 4) is 5.75 Å². The number of benzene rings is 1. The fourth-order valence-electron chi connectivity index (χ4n) is 1.93. The van der Waals surface area contributed by atoms with Crippen LogP contribution in [0.1, 0.15) is 11.1 Å².